The summed E-state index contributed by atoms with van der Waals surface area (Å²) in [6, 6.07) is 12.1. The number of carboxylic acid groups (broad SMARTS) is 1. The summed E-state index contributed by atoms with van der Waals surface area (Å²) in [7, 11) is -4.78. The molecule has 0 aliphatic carbocycles. The van der Waals surface area contributed by atoms with Crippen molar-refractivity contribution in [2.45, 2.75) is 18.1 Å². The van der Waals surface area contributed by atoms with Gasteiger partial charge in [0, 0.05) is 16.0 Å². The quantitative estimate of drug-likeness (QED) is 0.0642. The van der Waals surface area contributed by atoms with Crippen LogP contribution in [0.3, 0.4) is 0 Å². The van der Waals surface area contributed by atoms with E-state index in [-0.39, 0.29) is 39.7 Å². The molecule has 0 atom stereocenters. The summed E-state index contributed by atoms with van der Waals surface area (Å²) in [6.07, 6.45) is -1.95. The fraction of sp³-hybridized carbons (Fsp3) is 0.182. The minimum atomic E-state index is -4.78. The first-order valence-electron chi connectivity index (χ1n) is 14.1. The van der Waals surface area contributed by atoms with Gasteiger partial charge in [-0.3, -0.25) is 4.55 Å². The number of aliphatic hydroxyl groups is 2. The van der Waals surface area contributed by atoms with Crippen LogP contribution in [0.2, 0.25) is 0 Å². The Morgan fingerprint density at radius 3 is 1.71 bits per heavy atom. The van der Waals surface area contributed by atoms with Crippen molar-refractivity contribution in [2.75, 3.05) is 26.4 Å². The third-order valence-electron chi connectivity index (χ3n) is 6.62. The predicted octanol–water partition coefficient (Wildman–Crippen LogP) is 1.50. The van der Waals surface area contributed by atoms with Crippen LogP contribution in [-0.2, 0) is 19.6 Å². The van der Waals surface area contributed by atoms with Crippen LogP contribution in [0.1, 0.15) is 48.5 Å². The fourth-order valence-electron chi connectivity index (χ4n) is 4.31. The molecule has 0 bridgehead atoms. The molecule has 3 aromatic carbocycles. The molecule has 3 rings (SSSR count). The summed E-state index contributed by atoms with van der Waals surface area (Å²) in [6.45, 7) is 14.7. The highest BCUT2D eigenvalue weighted by Crippen LogP contribution is 2.20. The second kappa shape index (κ2) is 17.0. The van der Waals surface area contributed by atoms with Crippen molar-refractivity contribution < 1.29 is 61.6 Å². The number of hydrogen-bond acceptors (Lipinski definition) is 13. The van der Waals surface area contributed by atoms with Crippen LogP contribution in [0, 0.1) is 42.7 Å². The lowest BCUT2D eigenvalue weighted by Crippen LogP contribution is -2.23. The van der Waals surface area contributed by atoms with Gasteiger partial charge in [-0.2, -0.15) is 8.42 Å². The highest BCUT2D eigenvalue weighted by atomic mass is 32.2. The van der Waals surface area contributed by atoms with Crippen LogP contribution >= 0.6 is 0 Å². The first-order valence-corrected chi connectivity index (χ1v) is 15.5. The summed E-state index contributed by atoms with van der Waals surface area (Å²) < 4.78 is 53.4. The molecule has 4 N–H and O–H groups in total. The van der Waals surface area contributed by atoms with E-state index in [2.05, 4.69) is 9.69 Å². The molecule has 3 aromatic rings. The van der Waals surface area contributed by atoms with Crippen molar-refractivity contribution >= 4 is 39.4 Å². The van der Waals surface area contributed by atoms with Gasteiger partial charge in [0.25, 0.3) is 21.5 Å². The van der Waals surface area contributed by atoms with E-state index in [9.17, 15) is 53.2 Å². The van der Waals surface area contributed by atoms with E-state index in [4.69, 9.17) is 32.1 Å². The summed E-state index contributed by atoms with van der Waals surface area (Å²) in [4.78, 5) is 42.3. The van der Waals surface area contributed by atoms with Gasteiger partial charge >= 0.3 is 17.9 Å². The number of carbonyl (C=O) groups excluding carboxylic acids is 2. The maximum Gasteiger partial charge on any atom is 0.339 e. The number of nitrogens with zero attached hydrogens (tertiary/aromatic N) is 4. The fourth-order valence-corrected chi connectivity index (χ4v) is 4.81. The lowest BCUT2D eigenvalue weighted by atomic mass is 10.0. The van der Waals surface area contributed by atoms with E-state index in [1.54, 1.807) is 25.1 Å². The molecule has 0 spiro atoms. The van der Waals surface area contributed by atoms with Crippen LogP contribution in [0.15, 0.2) is 53.4 Å². The number of hydrogen-bond donors (Lipinski definition) is 4. The van der Waals surface area contributed by atoms with Gasteiger partial charge in [0.15, 0.2) is 6.29 Å². The van der Waals surface area contributed by atoms with Crippen molar-refractivity contribution in [1.82, 2.24) is 0 Å². The zero-order valence-corrected chi connectivity index (χ0v) is 27.0. The lowest BCUT2D eigenvalue weighted by Gasteiger charge is -2.14. The molecule has 0 heterocycles. The molecule has 0 aliphatic rings. The van der Waals surface area contributed by atoms with E-state index in [0.717, 1.165) is 24.3 Å². The lowest BCUT2D eigenvalue weighted by molar-refractivity contribution is -0.0435. The van der Waals surface area contributed by atoms with Crippen molar-refractivity contribution in [3.63, 3.8) is 0 Å². The van der Waals surface area contributed by atoms with Crippen LogP contribution < -0.4 is 19.9 Å². The van der Waals surface area contributed by atoms with Gasteiger partial charge in [-0.15, -0.1) is 0 Å². The van der Waals surface area contributed by atoms with Gasteiger partial charge in [-0.1, -0.05) is 17.7 Å². The van der Waals surface area contributed by atoms with Crippen molar-refractivity contribution in [3.05, 3.63) is 110 Å². The molecule has 0 unspecified atom stereocenters. The molecule has 0 saturated carbocycles. The Bertz CT molecular complexity index is 2280. The SMILES string of the molecule is [C-]#[N+]/C(C#N)=c1/cc(OCCOC(=O)c2ccc(S(=O)(=O)O)cc2C(=O)O)/c(=C(\C#N)[N+]#[C-])cc1OCCOC(=O)c1ccc(C)cc1C(O)O. The average molecular weight is 717 g/mol. The number of aryl methyl sites for hydroxylation is 1. The zero-order valence-electron chi connectivity index (χ0n) is 26.2. The molecule has 0 fully saturated rings. The Balaban J connectivity index is 1.85. The zero-order chi connectivity index (χ0) is 37.9. The molecule has 18 heteroatoms. The Morgan fingerprint density at radius 1 is 0.784 bits per heavy atom. The van der Waals surface area contributed by atoms with Gasteiger partial charge in [0.1, 0.15) is 37.9 Å². The second-order valence-corrected chi connectivity index (χ2v) is 11.3. The van der Waals surface area contributed by atoms with Crippen LogP contribution in [0.4, 0.5) is 0 Å². The summed E-state index contributed by atoms with van der Waals surface area (Å²) >= 11 is 0. The van der Waals surface area contributed by atoms with E-state index >= 15 is 0 Å². The monoisotopic (exact) mass is 716 g/mol. The Morgan fingerprint density at radius 2 is 1.27 bits per heavy atom. The average Bonchev–Trinajstić information content (AvgIpc) is 3.09. The van der Waals surface area contributed by atoms with Crippen molar-refractivity contribution in [3.8, 4) is 23.6 Å². The standard InChI is InChI=1S/C33H24N4O13S/c1-18-4-6-20(22(12-18)30(38)39)32(42)49-10-8-47-28-14-25(27(17-35)37-3)29(15-24(28)26(16-34)36-2)48-9-11-50-33(43)21-7-5-19(51(44,45)46)13-23(21)31(40)41/h4-7,12-15,30,38-39H,8-11H2,1H3,(H,40,41)(H,44,45,46)/b26-24-,27-25+. The molecule has 0 amide bonds. The van der Waals surface area contributed by atoms with E-state index in [1.165, 1.54) is 12.1 Å². The number of ether oxygens (including phenoxy) is 4. The Labute approximate surface area is 289 Å². The highest BCUT2D eigenvalue weighted by Gasteiger charge is 2.22. The summed E-state index contributed by atoms with van der Waals surface area (Å²) in [5, 5.41) is 47.5. The number of aromatic carboxylic acids is 1. The van der Waals surface area contributed by atoms with Gasteiger partial charge in [0.05, 0.1) is 46.9 Å². The van der Waals surface area contributed by atoms with Crippen molar-refractivity contribution in [2.24, 2.45) is 0 Å². The maximum atomic E-state index is 12.6. The minimum absolute atomic E-state index is 0.0819. The second-order valence-electron chi connectivity index (χ2n) is 9.91. The van der Waals surface area contributed by atoms with Gasteiger partial charge in [0.2, 0.25) is 0 Å². The molecule has 51 heavy (non-hydrogen) atoms. The van der Waals surface area contributed by atoms with Gasteiger partial charge < -0.3 is 34.3 Å². The number of nitriles is 2. The Kier molecular flexibility index (Phi) is 12.9. The van der Waals surface area contributed by atoms with Crippen LogP contribution in [0.5, 0.6) is 11.5 Å². The van der Waals surface area contributed by atoms with E-state index < -0.39 is 81.6 Å². The molecule has 260 valence electrons. The number of carbonyl (C=O) groups is 3. The minimum Gasteiger partial charge on any atom is -0.491 e. The summed E-state index contributed by atoms with van der Waals surface area (Å²) in [5.41, 5.74) is -1.86. The predicted molar refractivity (Wildman–Crippen MR) is 170 cm³/mol. The van der Waals surface area contributed by atoms with Gasteiger partial charge in [-0.05, 0) is 43.3 Å². The highest BCUT2D eigenvalue weighted by molar-refractivity contribution is 7.85. The topological polar surface area (TPSA) is 259 Å². The van der Waals surface area contributed by atoms with Crippen LogP contribution in [0.25, 0.3) is 21.1 Å². The number of benzene rings is 3. The third kappa shape index (κ3) is 9.64. The van der Waals surface area contributed by atoms with Crippen molar-refractivity contribution in [1.29, 1.82) is 10.5 Å². The summed E-state index contributed by atoms with van der Waals surface area (Å²) in [5.74, 6) is -4.19. The van der Waals surface area contributed by atoms with Gasteiger partial charge in [-0.25, -0.2) is 34.6 Å². The normalized spacial score (nSPS) is 11.9. The smallest absolute Gasteiger partial charge is 0.339 e. The number of aliphatic hydroxyl groups excluding tert-OH is 1. The van der Waals surface area contributed by atoms with E-state index in [1.807, 2.05) is 0 Å². The molecular weight excluding hydrogens is 692 g/mol. The molecule has 0 radical (unpaired) electrons. The van der Waals surface area contributed by atoms with E-state index in [0.29, 0.717) is 11.6 Å². The molecule has 0 aliphatic heterocycles. The first-order chi connectivity index (χ1) is 24.2. The largest absolute Gasteiger partial charge is 0.491 e. The third-order valence-corrected chi connectivity index (χ3v) is 7.47. The first kappa shape index (κ1) is 38.6. The Hall–Kier alpha value is -6.80. The molecule has 17 nitrogen and oxygen atoms in total. The number of rotatable bonds is 13. The molecular formula is C33H24N4O13S. The maximum absolute atomic E-state index is 12.6. The number of carboxylic acids is 1. The molecule has 0 saturated heterocycles. The molecule has 0 aromatic heterocycles. The number of esters is 2. The van der Waals surface area contributed by atoms with Crippen LogP contribution in [-0.4, -0.2) is 72.6 Å².